The average molecular weight is 630 g/mol. The molecule has 42 heavy (non-hydrogen) atoms. The summed E-state index contributed by atoms with van der Waals surface area (Å²) in [6.45, 7) is 31.7. The van der Waals surface area contributed by atoms with E-state index in [0.29, 0.717) is 0 Å². The third-order valence-electron chi connectivity index (χ3n) is 10.1. The van der Waals surface area contributed by atoms with E-state index in [9.17, 15) is 5.11 Å². The largest absolute Gasteiger partial charge is 0.413 e. The molecule has 0 rings (SSSR count). The van der Waals surface area contributed by atoms with Gasteiger partial charge in [0.2, 0.25) is 0 Å². The average Bonchev–Trinajstić information content (AvgIpc) is 2.86. The maximum atomic E-state index is 9.58. The molecule has 0 aromatic rings. The van der Waals surface area contributed by atoms with E-state index in [-0.39, 0.29) is 28.9 Å². The van der Waals surface area contributed by atoms with Gasteiger partial charge >= 0.3 is 0 Å². The van der Waals surface area contributed by atoms with Gasteiger partial charge in [0, 0.05) is 19.7 Å². The van der Waals surface area contributed by atoms with Gasteiger partial charge in [0.05, 0.1) is 12.2 Å². The van der Waals surface area contributed by atoms with Crippen LogP contribution < -0.4 is 0 Å². The van der Waals surface area contributed by atoms with Crippen LogP contribution in [-0.2, 0) is 8.85 Å². The Hall–Kier alpha value is 0.274. The third-order valence-corrected chi connectivity index (χ3v) is 19.2. The second-order valence-corrected chi connectivity index (χ2v) is 25.8. The van der Waals surface area contributed by atoms with Crippen LogP contribution in [0.15, 0.2) is 0 Å². The van der Waals surface area contributed by atoms with Gasteiger partial charge in [-0.2, -0.15) is 0 Å². The first kappa shape index (κ1) is 42.3. The van der Waals surface area contributed by atoms with Crippen LogP contribution in [-0.4, -0.2) is 65.1 Å². The molecule has 2 unspecified atom stereocenters. The van der Waals surface area contributed by atoms with E-state index < -0.39 is 16.6 Å². The quantitative estimate of drug-likeness (QED) is 0.0763. The minimum atomic E-state index is -1.89. The fourth-order valence-electron chi connectivity index (χ4n) is 5.15. The predicted molar refractivity (Wildman–Crippen MR) is 193 cm³/mol. The molecule has 1 N–H and O–H groups in total. The molecule has 0 heterocycles. The standard InChI is InChI=1S/C36H79NO3Si2/c1-13-15-17-19-21-23-27-33(39-41(9,10)35(3,4)5)31-37(29-25-26-30-38)32-34(28-24-22-20-18-16-14-2)40-42(11,12)36(6,7)8/h33-34,38H,13-32H2,1-12H3. The van der Waals surface area contributed by atoms with Gasteiger partial charge in [0.15, 0.2) is 16.6 Å². The molecule has 0 aliphatic rings. The fraction of sp³-hybridized carbons (Fsp3) is 1.00. The molecule has 0 aliphatic carbocycles. The zero-order valence-electron chi connectivity index (χ0n) is 31.0. The number of hydrogen-bond donors (Lipinski definition) is 1. The van der Waals surface area contributed by atoms with Crippen LogP contribution in [0.3, 0.4) is 0 Å². The number of aliphatic hydroxyl groups excluding tert-OH is 1. The molecule has 4 nitrogen and oxygen atoms in total. The van der Waals surface area contributed by atoms with Crippen molar-refractivity contribution in [1.82, 2.24) is 4.90 Å². The fourth-order valence-corrected chi connectivity index (χ4v) is 7.91. The summed E-state index contributed by atoms with van der Waals surface area (Å²) in [5.74, 6) is 0. The van der Waals surface area contributed by atoms with Crippen molar-refractivity contribution in [2.75, 3.05) is 26.2 Å². The van der Waals surface area contributed by atoms with Crippen LogP contribution in [0.2, 0.25) is 36.3 Å². The molecular weight excluding hydrogens is 551 g/mol. The van der Waals surface area contributed by atoms with Gasteiger partial charge in [-0.15, -0.1) is 0 Å². The normalized spacial score (nSPS) is 15.0. The highest BCUT2D eigenvalue weighted by atomic mass is 28.4. The van der Waals surface area contributed by atoms with Crippen molar-refractivity contribution >= 4 is 16.6 Å². The molecule has 0 amide bonds. The Morgan fingerprint density at radius 1 is 0.548 bits per heavy atom. The second-order valence-electron chi connectivity index (χ2n) is 16.3. The van der Waals surface area contributed by atoms with Crippen LogP contribution in [0.4, 0.5) is 0 Å². The lowest BCUT2D eigenvalue weighted by molar-refractivity contribution is 0.0671. The lowest BCUT2D eigenvalue weighted by atomic mass is 10.1. The Balaban J connectivity index is 5.80. The van der Waals surface area contributed by atoms with Gasteiger partial charge in [-0.3, -0.25) is 4.90 Å². The second kappa shape index (κ2) is 21.9. The van der Waals surface area contributed by atoms with E-state index in [1.54, 1.807) is 0 Å². The molecule has 6 heteroatoms. The smallest absolute Gasteiger partial charge is 0.192 e. The highest BCUT2D eigenvalue weighted by Crippen LogP contribution is 2.39. The summed E-state index contributed by atoms with van der Waals surface area (Å²) in [5, 5.41) is 10.00. The summed E-state index contributed by atoms with van der Waals surface area (Å²) in [6.07, 6.45) is 20.6. The Morgan fingerprint density at radius 2 is 0.905 bits per heavy atom. The van der Waals surface area contributed by atoms with Crippen molar-refractivity contribution in [3.8, 4) is 0 Å². The predicted octanol–water partition coefficient (Wildman–Crippen LogP) is 11.3. The van der Waals surface area contributed by atoms with E-state index in [1.807, 2.05) is 0 Å². The number of nitrogens with zero attached hydrogens (tertiary/aromatic N) is 1. The van der Waals surface area contributed by atoms with Crippen LogP contribution in [0.1, 0.15) is 158 Å². The third kappa shape index (κ3) is 18.9. The van der Waals surface area contributed by atoms with Gasteiger partial charge in [-0.1, -0.05) is 132 Å². The summed E-state index contributed by atoms with van der Waals surface area (Å²) >= 11 is 0. The zero-order chi connectivity index (χ0) is 32.3. The molecule has 0 saturated carbocycles. The monoisotopic (exact) mass is 630 g/mol. The molecular formula is C36H79NO3Si2. The van der Waals surface area contributed by atoms with E-state index in [0.717, 1.165) is 45.3 Å². The van der Waals surface area contributed by atoms with E-state index in [4.69, 9.17) is 8.85 Å². The first-order chi connectivity index (χ1) is 19.5. The first-order valence-corrected chi connectivity index (χ1v) is 24.0. The van der Waals surface area contributed by atoms with Gasteiger partial charge in [0.25, 0.3) is 0 Å². The summed E-state index contributed by atoms with van der Waals surface area (Å²) in [4.78, 5) is 2.67. The highest BCUT2D eigenvalue weighted by molar-refractivity contribution is 6.74. The van der Waals surface area contributed by atoms with Gasteiger partial charge < -0.3 is 14.0 Å². The first-order valence-electron chi connectivity index (χ1n) is 18.2. The van der Waals surface area contributed by atoms with Crippen LogP contribution in [0.5, 0.6) is 0 Å². The number of hydrogen-bond acceptors (Lipinski definition) is 4. The van der Waals surface area contributed by atoms with Crippen molar-refractivity contribution in [3.05, 3.63) is 0 Å². The number of aliphatic hydroxyl groups is 1. The van der Waals surface area contributed by atoms with Gasteiger partial charge in [-0.05, 0) is 68.5 Å². The van der Waals surface area contributed by atoms with E-state index in [2.05, 4.69) is 86.5 Å². The lowest BCUT2D eigenvalue weighted by Gasteiger charge is -2.42. The molecule has 2 atom stereocenters. The summed E-state index contributed by atoms with van der Waals surface area (Å²) in [7, 11) is -3.77. The summed E-state index contributed by atoms with van der Waals surface area (Å²) in [5.41, 5.74) is 0. The Labute approximate surface area is 267 Å². The molecule has 0 fully saturated rings. The maximum absolute atomic E-state index is 9.58. The van der Waals surface area contributed by atoms with Gasteiger partial charge in [-0.25, -0.2) is 0 Å². The van der Waals surface area contributed by atoms with Crippen molar-refractivity contribution in [3.63, 3.8) is 0 Å². The molecule has 0 radical (unpaired) electrons. The maximum Gasteiger partial charge on any atom is 0.192 e. The molecule has 0 aliphatic heterocycles. The van der Waals surface area contributed by atoms with E-state index >= 15 is 0 Å². The van der Waals surface area contributed by atoms with Crippen molar-refractivity contribution in [2.45, 2.75) is 207 Å². The SMILES string of the molecule is CCCCCCCCC(CN(CCCCO)CC(CCCCCCCC)O[Si](C)(C)C(C)(C)C)O[Si](C)(C)C(C)(C)C. The summed E-state index contributed by atoms with van der Waals surface area (Å²) in [6, 6.07) is 0. The van der Waals surface area contributed by atoms with Crippen molar-refractivity contribution in [1.29, 1.82) is 0 Å². The molecule has 0 aromatic heterocycles. The van der Waals surface area contributed by atoms with Gasteiger partial charge in [0.1, 0.15) is 0 Å². The van der Waals surface area contributed by atoms with Crippen molar-refractivity contribution in [2.24, 2.45) is 0 Å². The molecule has 0 aromatic carbocycles. The minimum Gasteiger partial charge on any atom is -0.413 e. The van der Waals surface area contributed by atoms with Crippen LogP contribution in [0, 0.1) is 0 Å². The number of rotatable bonds is 26. The molecule has 0 spiro atoms. The van der Waals surface area contributed by atoms with E-state index in [1.165, 1.54) is 77.0 Å². The molecule has 0 bridgehead atoms. The Kier molecular flexibility index (Phi) is 22.1. The number of unbranched alkanes of at least 4 members (excludes halogenated alkanes) is 11. The van der Waals surface area contributed by atoms with Crippen molar-refractivity contribution < 1.29 is 14.0 Å². The van der Waals surface area contributed by atoms with Crippen LogP contribution >= 0.6 is 0 Å². The Bertz CT molecular complexity index is 593. The van der Waals surface area contributed by atoms with Crippen LogP contribution in [0.25, 0.3) is 0 Å². The highest BCUT2D eigenvalue weighted by Gasteiger charge is 2.41. The topological polar surface area (TPSA) is 41.9 Å². The summed E-state index contributed by atoms with van der Waals surface area (Å²) < 4.78 is 14.3. The zero-order valence-corrected chi connectivity index (χ0v) is 33.0. The molecule has 0 saturated heterocycles. The molecule has 254 valence electrons. The lowest BCUT2D eigenvalue weighted by Crippen LogP contribution is -2.50. The minimum absolute atomic E-state index is 0.208. The Morgan fingerprint density at radius 3 is 1.24 bits per heavy atom.